The molecule has 1 saturated heterocycles. The summed E-state index contributed by atoms with van der Waals surface area (Å²) in [7, 11) is 0. The fraction of sp³-hybridized carbons (Fsp3) is 0.500. The third kappa shape index (κ3) is 5.43. The molecule has 0 aromatic heterocycles. The van der Waals surface area contributed by atoms with Crippen LogP contribution in [0.25, 0.3) is 0 Å². The largest absolute Gasteiger partial charge is 0.491 e. The van der Waals surface area contributed by atoms with Crippen molar-refractivity contribution in [3.8, 4) is 11.5 Å². The van der Waals surface area contributed by atoms with Gasteiger partial charge in [-0.05, 0) is 60.9 Å². The Morgan fingerprint density at radius 1 is 1.06 bits per heavy atom. The van der Waals surface area contributed by atoms with E-state index in [9.17, 15) is 15.0 Å². The minimum absolute atomic E-state index is 0.0929. The lowest BCUT2D eigenvalue weighted by molar-refractivity contribution is -0.159. The Bertz CT molecular complexity index is 899. The lowest BCUT2D eigenvalue weighted by Gasteiger charge is -2.23. The number of para-hydroxylation sites is 1. The van der Waals surface area contributed by atoms with Crippen molar-refractivity contribution in [2.45, 2.75) is 62.6 Å². The average Bonchev–Trinajstić information content (AvgIpc) is 3.50. The number of aliphatic carboxylic acids is 1. The van der Waals surface area contributed by atoms with E-state index in [1.54, 1.807) is 6.07 Å². The molecule has 1 unspecified atom stereocenters. The molecule has 0 bridgehead atoms. The van der Waals surface area contributed by atoms with Gasteiger partial charge in [-0.3, -0.25) is 0 Å². The summed E-state index contributed by atoms with van der Waals surface area (Å²) in [6.45, 7) is 0.716. The highest BCUT2D eigenvalue weighted by Gasteiger charge is 2.42. The zero-order valence-electron chi connectivity index (χ0n) is 18.4. The second kappa shape index (κ2) is 10.4. The van der Waals surface area contributed by atoms with E-state index in [0.717, 1.165) is 17.7 Å². The molecule has 1 aliphatic carbocycles. The van der Waals surface area contributed by atoms with Gasteiger partial charge in [0, 0.05) is 13.0 Å². The zero-order valence-corrected chi connectivity index (χ0v) is 18.4. The van der Waals surface area contributed by atoms with Crippen LogP contribution in [0.1, 0.15) is 55.6 Å². The molecule has 2 aromatic carbocycles. The van der Waals surface area contributed by atoms with Gasteiger partial charge in [0.1, 0.15) is 30.8 Å². The molecule has 2 fully saturated rings. The number of benzene rings is 2. The van der Waals surface area contributed by atoms with Crippen LogP contribution in [0.3, 0.4) is 0 Å². The van der Waals surface area contributed by atoms with Gasteiger partial charge in [-0.1, -0.05) is 43.2 Å². The van der Waals surface area contributed by atoms with Gasteiger partial charge in [0.25, 0.3) is 0 Å². The topological polar surface area (TPSA) is 85.2 Å². The number of carboxylic acids is 1. The maximum Gasteiger partial charge on any atom is 0.336 e. The Balaban J connectivity index is 1.30. The predicted octanol–water partition coefficient (Wildman–Crippen LogP) is 4.34. The first-order valence-electron chi connectivity index (χ1n) is 11.5. The molecule has 6 heteroatoms. The maximum atomic E-state index is 11.7. The van der Waals surface area contributed by atoms with Gasteiger partial charge in [0.2, 0.25) is 0 Å². The van der Waals surface area contributed by atoms with Gasteiger partial charge >= 0.3 is 5.97 Å². The number of carboxylic acid groups (broad SMARTS) is 1. The standard InChI is InChI=1S/C26H32O6/c27-21(18-31-24-12-4-3-11-23(24)20-8-1-2-9-20)17-30-22-10-5-7-19(15-22)16-26(25(28)29)13-6-14-32-26/h3-5,7,10-12,15,20-21,27H,1-2,6,8-9,13-14,16-18H2,(H,28,29)/t21-,26?/m1/s1. The normalized spacial score (nSPS) is 22.0. The summed E-state index contributed by atoms with van der Waals surface area (Å²) in [5, 5.41) is 20.0. The summed E-state index contributed by atoms with van der Waals surface area (Å²) in [5.41, 5.74) is 0.911. The average molecular weight is 441 g/mol. The highest BCUT2D eigenvalue weighted by atomic mass is 16.5. The summed E-state index contributed by atoms with van der Waals surface area (Å²) < 4.78 is 17.3. The third-order valence-corrected chi connectivity index (χ3v) is 6.47. The lowest BCUT2D eigenvalue weighted by Crippen LogP contribution is -2.40. The van der Waals surface area contributed by atoms with Crippen molar-refractivity contribution in [1.29, 1.82) is 0 Å². The number of hydrogen-bond donors (Lipinski definition) is 2. The molecule has 2 N–H and O–H groups in total. The van der Waals surface area contributed by atoms with Crippen LogP contribution in [0.5, 0.6) is 11.5 Å². The first kappa shape index (κ1) is 22.6. The highest BCUT2D eigenvalue weighted by Crippen LogP contribution is 2.38. The Morgan fingerprint density at radius 3 is 2.59 bits per heavy atom. The van der Waals surface area contributed by atoms with Crippen molar-refractivity contribution < 1.29 is 29.2 Å². The molecule has 32 heavy (non-hydrogen) atoms. The maximum absolute atomic E-state index is 11.7. The molecule has 0 radical (unpaired) electrons. The van der Waals surface area contributed by atoms with Crippen molar-refractivity contribution in [3.05, 3.63) is 59.7 Å². The summed E-state index contributed by atoms with van der Waals surface area (Å²) in [6.07, 6.45) is 5.67. The van der Waals surface area contributed by atoms with E-state index >= 15 is 0 Å². The van der Waals surface area contributed by atoms with E-state index in [2.05, 4.69) is 6.07 Å². The summed E-state index contributed by atoms with van der Waals surface area (Å²) in [5.74, 6) is 1.05. The van der Waals surface area contributed by atoms with E-state index < -0.39 is 17.7 Å². The van der Waals surface area contributed by atoms with E-state index in [0.29, 0.717) is 31.1 Å². The minimum atomic E-state index is -1.15. The number of ether oxygens (including phenoxy) is 3. The van der Waals surface area contributed by atoms with Gasteiger partial charge in [-0.15, -0.1) is 0 Å². The molecule has 1 saturated carbocycles. The molecule has 4 rings (SSSR count). The van der Waals surface area contributed by atoms with Crippen LogP contribution in [-0.2, 0) is 16.0 Å². The van der Waals surface area contributed by atoms with E-state index in [1.807, 2.05) is 36.4 Å². The molecule has 1 aliphatic heterocycles. The van der Waals surface area contributed by atoms with Gasteiger partial charge in [-0.2, -0.15) is 0 Å². The van der Waals surface area contributed by atoms with Gasteiger partial charge in [-0.25, -0.2) is 4.79 Å². The second-order valence-electron chi connectivity index (χ2n) is 8.87. The predicted molar refractivity (Wildman–Crippen MR) is 120 cm³/mol. The Kier molecular flexibility index (Phi) is 7.33. The van der Waals surface area contributed by atoms with Crippen molar-refractivity contribution in [2.24, 2.45) is 0 Å². The quantitative estimate of drug-likeness (QED) is 0.572. The monoisotopic (exact) mass is 440 g/mol. The molecule has 0 spiro atoms. The Morgan fingerprint density at radius 2 is 1.84 bits per heavy atom. The molecular formula is C26H32O6. The molecule has 2 aliphatic rings. The molecule has 2 aromatic rings. The van der Waals surface area contributed by atoms with Crippen LogP contribution in [0.2, 0.25) is 0 Å². The summed E-state index contributed by atoms with van der Waals surface area (Å²) in [6, 6.07) is 15.4. The van der Waals surface area contributed by atoms with E-state index in [-0.39, 0.29) is 13.2 Å². The van der Waals surface area contributed by atoms with Crippen LogP contribution in [-0.4, -0.2) is 47.7 Å². The Hall–Kier alpha value is -2.57. The van der Waals surface area contributed by atoms with Gasteiger partial charge < -0.3 is 24.4 Å². The van der Waals surface area contributed by atoms with Crippen LogP contribution in [0, 0.1) is 0 Å². The molecule has 172 valence electrons. The summed E-state index contributed by atoms with van der Waals surface area (Å²) >= 11 is 0. The Labute approximate surface area is 189 Å². The molecule has 2 atom stereocenters. The SMILES string of the molecule is O=C(O)C1(Cc2cccc(OC[C@@H](O)COc3ccccc3C3CCCC3)c2)CCCO1. The first-order valence-corrected chi connectivity index (χ1v) is 11.5. The third-order valence-electron chi connectivity index (χ3n) is 6.47. The van der Waals surface area contributed by atoms with Gasteiger partial charge in [0.05, 0.1) is 0 Å². The van der Waals surface area contributed by atoms with Crippen LogP contribution in [0.4, 0.5) is 0 Å². The lowest BCUT2D eigenvalue weighted by atomic mass is 9.91. The smallest absolute Gasteiger partial charge is 0.336 e. The van der Waals surface area contributed by atoms with Crippen LogP contribution >= 0.6 is 0 Å². The van der Waals surface area contributed by atoms with Crippen LogP contribution in [0.15, 0.2) is 48.5 Å². The minimum Gasteiger partial charge on any atom is -0.491 e. The van der Waals surface area contributed by atoms with Crippen molar-refractivity contribution in [1.82, 2.24) is 0 Å². The zero-order chi connectivity index (χ0) is 22.4. The molecule has 6 nitrogen and oxygen atoms in total. The van der Waals surface area contributed by atoms with Crippen molar-refractivity contribution in [3.63, 3.8) is 0 Å². The number of carbonyl (C=O) groups is 1. The highest BCUT2D eigenvalue weighted by molar-refractivity contribution is 5.78. The first-order chi connectivity index (χ1) is 15.6. The van der Waals surface area contributed by atoms with Crippen molar-refractivity contribution >= 4 is 5.97 Å². The number of rotatable bonds is 10. The van der Waals surface area contributed by atoms with Crippen molar-refractivity contribution in [2.75, 3.05) is 19.8 Å². The molecule has 0 amide bonds. The van der Waals surface area contributed by atoms with Crippen LogP contribution < -0.4 is 9.47 Å². The molecular weight excluding hydrogens is 408 g/mol. The van der Waals surface area contributed by atoms with E-state index in [4.69, 9.17) is 14.2 Å². The fourth-order valence-electron chi connectivity index (χ4n) is 4.77. The fourth-order valence-corrected chi connectivity index (χ4v) is 4.77. The molecule has 1 heterocycles. The summed E-state index contributed by atoms with van der Waals surface area (Å²) in [4.78, 5) is 11.7. The number of aliphatic hydroxyl groups is 1. The van der Waals surface area contributed by atoms with E-state index in [1.165, 1.54) is 31.2 Å². The second-order valence-corrected chi connectivity index (χ2v) is 8.87. The van der Waals surface area contributed by atoms with Gasteiger partial charge in [0.15, 0.2) is 5.60 Å². The number of hydrogen-bond acceptors (Lipinski definition) is 5. The number of aliphatic hydroxyl groups excluding tert-OH is 1.